The zero-order valence-corrected chi connectivity index (χ0v) is 19.1. The van der Waals surface area contributed by atoms with E-state index in [1.165, 1.54) is 10.6 Å². The van der Waals surface area contributed by atoms with Crippen LogP contribution in [0.3, 0.4) is 0 Å². The second-order valence-electron chi connectivity index (χ2n) is 7.79. The Bertz CT molecular complexity index is 927. The van der Waals surface area contributed by atoms with Crippen LogP contribution in [-0.2, 0) is 24.8 Å². The van der Waals surface area contributed by atoms with Crippen LogP contribution in [0.2, 0.25) is 0 Å². The van der Waals surface area contributed by atoms with E-state index in [0.29, 0.717) is 43.6 Å². The maximum Gasteiger partial charge on any atom is 0.241 e. The molecule has 2 N–H and O–H groups in total. The third-order valence-electron chi connectivity index (χ3n) is 5.15. The van der Waals surface area contributed by atoms with Gasteiger partial charge in [0.25, 0.3) is 0 Å². The molecule has 0 aliphatic carbocycles. The van der Waals surface area contributed by atoms with Gasteiger partial charge in [-0.1, -0.05) is 17.7 Å². The highest BCUT2D eigenvalue weighted by atomic mass is 32.2. The molecular formula is C19H31N3O5S2. The van der Waals surface area contributed by atoms with Crippen LogP contribution in [0.15, 0.2) is 17.0 Å². The van der Waals surface area contributed by atoms with Gasteiger partial charge in [-0.15, -0.1) is 0 Å². The van der Waals surface area contributed by atoms with Crippen LogP contribution >= 0.6 is 0 Å². The lowest BCUT2D eigenvalue weighted by molar-refractivity contribution is -0.121. The molecule has 0 spiro atoms. The number of carbonyl (C=O) groups is 1. The molecule has 1 aliphatic heterocycles. The van der Waals surface area contributed by atoms with Crippen LogP contribution in [0.1, 0.15) is 36.0 Å². The van der Waals surface area contributed by atoms with Gasteiger partial charge in [0.2, 0.25) is 26.0 Å². The first-order chi connectivity index (χ1) is 13.4. The number of benzene rings is 1. The largest absolute Gasteiger partial charge is 0.356 e. The summed E-state index contributed by atoms with van der Waals surface area (Å²) in [6, 6.07) is 3.65. The highest BCUT2D eigenvalue weighted by Crippen LogP contribution is 2.21. The SMILES string of the molecule is Cc1cc(C)c(S(=O)(=O)NCCC(=O)NCC2CCN(S(C)(=O)=O)CC2)c(C)c1. The fraction of sp³-hybridized carbons (Fsp3) is 0.632. The van der Waals surface area contributed by atoms with Gasteiger partial charge in [0.05, 0.1) is 11.2 Å². The summed E-state index contributed by atoms with van der Waals surface area (Å²) in [4.78, 5) is 12.3. The summed E-state index contributed by atoms with van der Waals surface area (Å²) >= 11 is 0. The normalized spacial score (nSPS) is 16.7. The summed E-state index contributed by atoms with van der Waals surface area (Å²) in [5, 5.41) is 2.82. The Morgan fingerprint density at radius 1 is 1.07 bits per heavy atom. The first-order valence-electron chi connectivity index (χ1n) is 9.69. The van der Waals surface area contributed by atoms with E-state index < -0.39 is 20.0 Å². The van der Waals surface area contributed by atoms with Crippen LogP contribution in [0.25, 0.3) is 0 Å². The summed E-state index contributed by atoms with van der Waals surface area (Å²) in [5.74, 6) is 0.00194. The van der Waals surface area contributed by atoms with Crippen molar-refractivity contribution < 1.29 is 21.6 Å². The molecule has 1 saturated heterocycles. The Morgan fingerprint density at radius 2 is 1.62 bits per heavy atom. The van der Waals surface area contributed by atoms with E-state index in [1.54, 1.807) is 13.8 Å². The minimum absolute atomic E-state index is 0.0213. The molecule has 1 heterocycles. The third-order valence-corrected chi connectivity index (χ3v) is 8.22. The number of hydrogen-bond donors (Lipinski definition) is 2. The minimum atomic E-state index is -3.68. The second-order valence-corrected chi connectivity index (χ2v) is 11.5. The maximum absolute atomic E-state index is 12.6. The molecule has 8 nitrogen and oxygen atoms in total. The van der Waals surface area contributed by atoms with Crippen molar-refractivity contribution in [3.05, 3.63) is 28.8 Å². The molecule has 29 heavy (non-hydrogen) atoms. The first-order valence-corrected chi connectivity index (χ1v) is 13.0. The highest BCUT2D eigenvalue weighted by Gasteiger charge is 2.25. The van der Waals surface area contributed by atoms with Crippen molar-refractivity contribution in [1.82, 2.24) is 14.3 Å². The van der Waals surface area contributed by atoms with Crippen molar-refractivity contribution in [3.63, 3.8) is 0 Å². The number of amides is 1. The fourth-order valence-corrected chi connectivity index (χ4v) is 6.11. The van der Waals surface area contributed by atoms with E-state index >= 15 is 0 Å². The predicted molar refractivity (Wildman–Crippen MR) is 113 cm³/mol. The molecule has 1 aromatic carbocycles. The van der Waals surface area contributed by atoms with Crippen molar-refractivity contribution in [3.8, 4) is 0 Å². The molecule has 0 aromatic heterocycles. The third kappa shape index (κ3) is 6.77. The number of nitrogens with zero attached hydrogens (tertiary/aromatic N) is 1. The van der Waals surface area contributed by atoms with Gasteiger partial charge in [-0.2, -0.15) is 0 Å². The number of piperidine rings is 1. The standard InChI is InChI=1S/C19H31N3O5S2/c1-14-11-15(2)19(16(3)12-14)29(26,27)21-8-5-18(23)20-13-17-6-9-22(10-7-17)28(4,24)25/h11-12,17,21H,5-10,13H2,1-4H3,(H,20,23). The Hall–Kier alpha value is -1.49. The fourth-order valence-electron chi connectivity index (χ4n) is 3.75. The zero-order chi connectivity index (χ0) is 21.8. The molecule has 2 rings (SSSR count). The Kier molecular flexibility index (Phi) is 7.83. The molecule has 0 saturated carbocycles. The van der Waals surface area contributed by atoms with Crippen molar-refractivity contribution >= 4 is 26.0 Å². The van der Waals surface area contributed by atoms with Gasteiger partial charge in [-0.25, -0.2) is 25.9 Å². The highest BCUT2D eigenvalue weighted by molar-refractivity contribution is 7.89. The van der Waals surface area contributed by atoms with Crippen molar-refractivity contribution in [1.29, 1.82) is 0 Å². The molecule has 1 amide bonds. The Morgan fingerprint density at radius 3 is 2.14 bits per heavy atom. The van der Waals surface area contributed by atoms with Crippen LogP contribution < -0.4 is 10.0 Å². The van der Waals surface area contributed by atoms with E-state index in [2.05, 4.69) is 10.0 Å². The molecule has 164 valence electrons. The number of sulfonamides is 2. The maximum atomic E-state index is 12.6. The van der Waals surface area contributed by atoms with E-state index in [1.807, 2.05) is 19.1 Å². The summed E-state index contributed by atoms with van der Waals surface area (Å²) in [6.07, 6.45) is 2.65. The minimum Gasteiger partial charge on any atom is -0.356 e. The van der Waals surface area contributed by atoms with E-state index in [-0.39, 0.29) is 29.7 Å². The molecule has 1 aromatic rings. The van der Waals surface area contributed by atoms with Crippen molar-refractivity contribution in [2.45, 2.75) is 44.9 Å². The molecule has 0 unspecified atom stereocenters. The lowest BCUT2D eigenvalue weighted by Crippen LogP contribution is -2.41. The van der Waals surface area contributed by atoms with Gasteiger partial charge in [0, 0.05) is 32.6 Å². The molecule has 0 radical (unpaired) electrons. The van der Waals surface area contributed by atoms with Crippen LogP contribution in [0.5, 0.6) is 0 Å². The molecule has 10 heteroatoms. The number of hydrogen-bond acceptors (Lipinski definition) is 5. The zero-order valence-electron chi connectivity index (χ0n) is 17.5. The van der Waals surface area contributed by atoms with Gasteiger partial charge in [-0.05, 0) is 50.7 Å². The summed E-state index contributed by atoms with van der Waals surface area (Å²) < 4.78 is 52.2. The molecule has 1 aliphatic rings. The van der Waals surface area contributed by atoms with E-state index in [4.69, 9.17) is 0 Å². The summed E-state index contributed by atoms with van der Waals surface area (Å²) in [6.45, 7) is 6.86. The second kappa shape index (κ2) is 9.55. The van der Waals surface area contributed by atoms with Crippen LogP contribution in [-0.4, -0.2) is 59.5 Å². The predicted octanol–water partition coefficient (Wildman–Crippen LogP) is 1.07. The van der Waals surface area contributed by atoms with Crippen molar-refractivity contribution in [2.24, 2.45) is 5.92 Å². The topological polar surface area (TPSA) is 113 Å². The summed E-state index contributed by atoms with van der Waals surface area (Å²) in [5.41, 5.74) is 2.36. The van der Waals surface area contributed by atoms with Crippen molar-refractivity contribution in [2.75, 3.05) is 32.4 Å². The van der Waals surface area contributed by atoms with Gasteiger partial charge in [-0.3, -0.25) is 4.79 Å². The summed E-state index contributed by atoms with van der Waals surface area (Å²) in [7, 11) is -6.84. The van der Waals surface area contributed by atoms with Crippen LogP contribution in [0.4, 0.5) is 0 Å². The number of rotatable bonds is 8. The first kappa shape index (κ1) is 23.8. The number of aryl methyl sites for hydroxylation is 3. The monoisotopic (exact) mass is 445 g/mol. The Balaban J connectivity index is 1.78. The van der Waals surface area contributed by atoms with Gasteiger partial charge >= 0.3 is 0 Å². The number of carbonyl (C=O) groups excluding carboxylic acids is 1. The average Bonchev–Trinajstić information content (AvgIpc) is 2.58. The van der Waals surface area contributed by atoms with Gasteiger partial charge < -0.3 is 5.32 Å². The molecule has 1 fully saturated rings. The van der Waals surface area contributed by atoms with Gasteiger partial charge in [0.15, 0.2) is 0 Å². The lowest BCUT2D eigenvalue weighted by atomic mass is 9.98. The number of nitrogens with one attached hydrogen (secondary N) is 2. The van der Waals surface area contributed by atoms with E-state index in [0.717, 1.165) is 5.56 Å². The van der Waals surface area contributed by atoms with E-state index in [9.17, 15) is 21.6 Å². The Labute approximate surface area is 174 Å². The molecule has 0 atom stereocenters. The smallest absolute Gasteiger partial charge is 0.241 e. The molecule has 0 bridgehead atoms. The van der Waals surface area contributed by atoms with Crippen LogP contribution in [0, 0.1) is 26.7 Å². The average molecular weight is 446 g/mol. The lowest BCUT2D eigenvalue weighted by Gasteiger charge is -2.30. The quantitative estimate of drug-likeness (QED) is 0.621. The van der Waals surface area contributed by atoms with Gasteiger partial charge in [0.1, 0.15) is 0 Å². The molecular weight excluding hydrogens is 414 g/mol.